The number of hydrogen-bond acceptors (Lipinski definition) is 7. The minimum atomic E-state index is -5.08. The van der Waals surface area contributed by atoms with E-state index in [-0.39, 0.29) is 5.92 Å². The number of aliphatic carboxylic acids is 2. The Kier molecular flexibility index (Phi) is 8.54. The lowest BCUT2D eigenvalue weighted by Gasteiger charge is -2.27. The van der Waals surface area contributed by atoms with Crippen LogP contribution in [0.25, 0.3) is 10.6 Å². The highest BCUT2D eigenvalue weighted by atomic mass is 32.1. The smallest absolute Gasteiger partial charge is 0.481 e. The van der Waals surface area contributed by atoms with Crippen molar-refractivity contribution in [2.75, 3.05) is 25.1 Å². The van der Waals surface area contributed by atoms with E-state index < -0.39 is 24.0 Å². The van der Waals surface area contributed by atoms with Gasteiger partial charge in [0, 0.05) is 25.3 Å². The van der Waals surface area contributed by atoms with Gasteiger partial charge in [-0.15, -0.1) is 10.2 Å². The van der Waals surface area contributed by atoms with Gasteiger partial charge < -0.3 is 20.3 Å². The molecule has 164 valence electrons. The fourth-order valence-corrected chi connectivity index (χ4v) is 3.52. The molecule has 8 nitrogen and oxygen atoms in total. The molecular formula is C18H20F3N3O5S. The lowest BCUT2D eigenvalue weighted by molar-refractivity contribution is -0.192. The molecule has 0 radical (unpaired) electrons. The van der Waals surface area contributed by atoms with Gasteiger partial charge in [0.15, 0.2) is 0 Å². The van der Waals surface area contributed by atoms with Crippen molar-refractivity contribution in [3.63, 3.8) is 0 Å². The third-order valence-electron chi connectivity index (χ3n) is 4.31. The van der Waals surface area contributed by atoms with Crippen LogP contribution in [0.5, 0.6) is 0 Å². The van der Waals surface area contributed by atoms with Gasteiger partial charge >= 0.3 is 18.1 Å². The van der Waals surface area contributed by atoms with Crippen LogP contribution in [0.1, 0.15) is 12.8 Å². The monoisotopic (exact) mass is 447 g/mol. The van der Waals surface area contributed by atoms with E-state index in [0.29, 0.717) is 24.9 Å². The number of nitrogens with zero attached hydrogens (tertiary/aromatic N) is 2. The number of anilines is 1. The van der Waals surface area contributed by atoms with Crippen LogP contribution >= 0.6 is 11.3 Å². The third-order valence-corrected chi connectivity index (χ3v) is 5.24. The molecule has 3 rings (SSSR count). The van der Waals surface area contributed by atoms with E-state index >= 15 is 0 Å². The van der Waals surface area contributed by atoms with Crippen molar-refractivity contribution in [2.45, 2.75) is 19.0 Å². The Morgan fingerprint density at radius 2 is 1.77 bits per heavy atom. The third kappa shape index (κ3) is 7.26. The number of carboxylic acids is 2. The Morgan fingerprint density at radius 1 is 1.17 bits per heavy atom. The van der Waals surface area contributed by atoms with Gasteiger partial charge in [0.25, 0.3) is 0 Å². The first-order chi connectivity index (χ1) is 14.2. The number of hydrogen-bond donors (Lipinski definition) is 3. The molecule has 0 bridgehead atoms. The molecule has 12 heteroatoms. The predicted molar refractivity (Wildman–Crippen MR) is 102 cm³/mol. The maximum Gasteiger partial charge on any atom is 0.490 e. The number of halogens is 3. The Hall–Kier alpha value is -2.73. The Balaban J connectivity index is 0.000000396. The number of benzene rings is 1. The molecule has 2 heterocycles. The first-order valence-corrected chi connectivity index (χ1v) is 9.73. The van der Waals surface area contributed by atoms with Crippen molar-refractivity contribution < 1.29 is 37.7 Å². The molecule has 0 aliphatic carbocycles. The van der Waals surface area contributed by atoms with Gasteiger partial charge in [-0.1, -0.05) is 41.7 Å². The highest BCUT2D eigenvalue weighted by Crippen LogP contribution is 2.28. The molecule has 1 saturated heterocycles. The van der Waals surface area contributed by atoms with Gasteiger partial charge in [-0.2, -0.15) is 13.2 Å². The normalized spacial score (nSPS) is 15.6. The van der Waals surface area contributed by atoms with Crippen LogP contribution in [0.2, 0.25) is 0 Å². The van der Waals surface area contributed by atoms with Gasteiger partial charge in [-0.3, -0.25) is 4.79 Å². The van der Waals surface area contributed by atoms with Crippen LogP contribution in [0, 0.1) is 11.8 Å². The summed E-state index contributed by atoms with van der Waals surface area (Å²) in [5.41, 5.74) is 1.01. The summed E-state index contributed by atoms with van der Waals surface area (Å²) in [5.74, 6) is -3.80. The molecule has 2 aromatic rings. The number of ether oxygens (including phenoxy) is 1. The van der Waals surface area contributed by atoms with Crippen LogP contribution < -0.4 is 5.32 Å². The quantitative estimate of drug-likeness (QED) is 0.616. The zero-order valence-electron chi connectivity index (χ0n) is 15.6. The van der Waals surface area contributed by atoms with E-state index in [9.17, 15) is 23.1 Å². The summed E-state index contributed by atoms with van der Waals surface area (Å²) in [6.07, 6.45) is -3.49. The van der Waals surface area contributed by atoms with Gasteiger partial charge in [0.1, 0.15) is 5.01 Å². The summed E-state index contributed by atoms with van der Waals surface area (Å²) in [6.45, 7) is 1.65. The Morgan fingerprint density at radius 3 is 2.30 bits per heavy atom. The lowest BCUT2D eigenvalue weighted by atomic mass is 9.86. The Bertz CT molecular complexity index is 826. The van der Waals surface area contributed by atoms with Gasteiger partial charge in [-0.05, 0) is 18.8 Å². The van der Waals surface area contributed by atoms with Crippen LogP contribution in [-0.2, 0) is 14.3 Å². The second-order valence-corrected chi connectivity index (χ2v) is 7.33. The molecule has 0 spiro atoms. The molecule has 30 heavy (non-hydrogen) atoms. The molecule has 0 amide bonds. The van der Waals surface area contributed by atoms with E-state index in [4.69, 9.17) is 14.6 Å². The van der Waals surface area contributed by atoms with Crippen LogP contribution in [0.4, 0.5) is 18.3 Å². The highest BCUT2D eigenvalue weighted by Gasteiger charge is 2.38. The number of aromatic nitrogens is 2. The molecule has 1 aromatic heterocycles. The number of rotatable bonds is 6. The van der Waals surface area contributed by atoms with E-state index in [0.717, 1.165) is 23.4 Å². The largest absolute Gasteiger partial charge is 0.490 e. The molecule has 0 saturated carbocycles. The van der Waals surface area contributed by atoms with E-state index in [1.807, 2.05) is 30.3 Å². The van der Waals surface area contributed by atoms with Crippen molar-refractivity contribution >= 4 is 28.4 Å². The molecule has 1 unspecified atom stereocenters. The Labute approximate surface area is 173 Å². The molecule has 1 aliphatic rings. The number of carboxylic acid groups (broad SMARTS) is 2. The first-order valence-electron chi connectivity index (χ1n) is 8.92. The second-order valence-electron chi connectivity index (χ2n) is 6.36. The maximum absolute atomic E-state index is 11.5. The number of carbonyl (C=O) groups is 2. The number of nitrogens with one attached hydrogen (secondary N) is 1. The molecule has 1 aliphatic heterocycles. The number of alkyl halides is 3. The summed E-state index contributed by atoms with van der Waals surface area (Å²) >= 11 is 1.44. The van der Waals surface area contributed by atoms with Crippen molar-refractivity contribution in [2.24, 2.45) is 11.8 Å². The van der Waals surface area contributed by atoms with Crippen molar-refractivity contribution in [1.82, 2.24) is 10.2 Å². The average Bonchev–Trinajstić information content (AvgIpc) is 3.18. The zero-order chi connectivity index (χ0) is 22.1. The molecular weight excluding hydrogens is 427 g/mol. The predicted octanol–water partition coefficient (Wildman–Crippen LogP) is 3.38. The summed E-state index contributed by atoms with van der Waals surface area (Å²) < 4.78 is 37.0. The minimum absolute atomic E-state index is 0.148. The summed E-state index contributed by atoms with van der Waals surface area (Å²) in [5, 5.41) is 29.5. The molecule has 1 atom stereocenters. The van der Waals surface area contributed by atoms with E-state index in [2.05, 4.69) is 15.5 Å². The topological polar surface area (TPSA) is 122 Å². The summed E-state index contributed by atoms with van der Waals surface area (Å²) in [7, 11) is 0. The van der Waals surface area contributed by atoms with E-state index in [1.54, 1.807) is 0 Å². The fraction of sp³-hybridized carbons (Fsp3) is 0.444. The van der Waals surface area contributed by atoms with Crippen LogP contribution in [-0.4, -0.2) is 58.3 Å². The lowest BCUT2D eigenvalue weighted by Crippen LogP contribution is -2.33. The van der Waals surface area contributed by atoms with Gasteiger partial charge in [0.05, 0.1) is 5.92 Å². The minimum Gasteiger partial charge on any atom is -0.481 e. The average molecular weight is 447 g/mol. The summed E-state index contributed by atoms with van der Waals surface area (Å²) in [4.78, 5) is 20.4. The van der Waals surface area contributed by atoms with Crippen molar-refractivity contribution in [1.29, 1.82) is 0 Å². The standard InChI is InChI=1S/C16H19N3O3S.C2HF3O2/c20-15(21)13(11-6-8-22-9-7-11)10-17-16-19-18-14(23-16)12-4-2-1-3-5-12;3-2(4,5)1(6)7/h1-5,11,13H,6-10H2,(H,17,19)(H,20,21);(H,6,7). The van der Waals surface area contributed by atoms with Crippen molar-refractivity contribution in [3.8, 4) is 10.6 Å². The molecule has 3 N–H and O–H groups in total. The second kappa shape index (κ2) is 10.9. The zero-order valence-corrected chi connectivity index (χ0v) is 16.4. The van der Waals surface area contributed by atoms with E-state index in [1.165, 1.54) is 11.3 Å². The van der Waals surface area contributed by atoms with Crippen molar-refractivity contribution in [3.05, 3.63) is 30.3 Å². The summed E-state index contributed by atoms with van der Waals surface area (Å²) in [6, 6.07) is 9.82. The van der Waals surface area contributed by atoms with Gasteiger partial charge in [-0.25, -0.2) is 4.79 Å². The van der Waals surface area contributed by atoms with Crippen LogP contribution in [0.15, 0.2) is 30.3 Å². The fourth-order valence-electron chi connectivity index (χ4n) is 2.76. The highest BCUT2D eigenvalue weighted by molar-refractivity contribution is 7.18. The van der Waals surface area contributed by atoms with Crippen LogP contribution in [0.3, 0.4) is 0 Å². The molecule has 1 fully saturated rings. The molecule has 1 aromatic carbocycles. The van der Waals surface area contributed by atoms with Gasteiger partial charge in [0.2, 0.25) is 5.13 Å². The first kappa shape index (κ1) is 23.5. The maximum atomic E-state index is 11.5. The SMILES string of the molecule is O=C(O)C(CNc1nnc(-c2ccccc2)s1)C1CCOCC1.O=C(O)C(F)(F)F.